The van der Waals surface area contributed by atoms with Crippen LogP contribution in [0.4, 0.5) is 0 Å². The van der Waals surface area contributed by atoms with Crippen molar-refractivity contribution in [2.45, 2.75) is 37.1 Å². The van der Waals surface area contributed by atoms with E-state index in [1.54, 1.807) is 31.3 Å². The first-order valence-electron chi connectivity index (χ1n) is 10.1. The number of ether oxygens (including phenoxy) is 1. The molecule has 4 rings (SSSR count). The lowest BCUT2D eigenvalue weighted by Crippen LogP contribution is -2.51. The number of nitrogens with one attached hydrogen (secondary N) is 2. The van der Waals surface area contributed by atoms with Crippen LogP contribution in [-0.4, -0.2) is 35.2 Å². The molecule has 3 unspecified atom stereocenters. The van der Waals surface area contributed by atoms with E-state index in [0.717, 1.165) is 34.6 Å². The Kier molecular flexibility index (Phi) is 6.38. The lowest BCUT2D eigenvalue weighted by molar-refractivity contribution is -0.127. The number of aromatic nitrogens is 1. The van der Waals surface area contributed by atoms with Gasteiger partial charge in [-0.3, -0.25) is 14.6 Å². The summed E-state index contributed by atoms with van der Waals surface area (Å²) < 4.78 is 5.18. The normalized spacial score (nSPS) is 24.6. The lowest BCUT2D eigenvalue weighted by Gasteiger charge is -2.39. The number of rotatable bonds is 5. The van der Waals surface area contributed by atoms with Gasteiger partial charge in [0.2, 0.25) is 5.91 Å². The van der Waals surface area contributed by atoms with Crippen LogP contribution in [0.5, 0.6) is 5.75 Å². The van der Waals surface area contributed by atoms with Gasteiger partial charge in [0.1, 0.15) is 5.75 Å². The molecule has 2 fully saturated rings. The van der Waals surface area contributed by atoms with Crippen molar-refractivity contribution in [3.63, 3.8) is 0 Å². The number of carbonyl (C=O) groups is 2. The second-order valence-electron chi connectivity index (χ2n) is 7.61. The Labute approximate surface area is 180 Å². The molecule has 0 bridgehead atoms. The molecule has 6 nitrogen and oxygen atoms in total. The third-order valence-electron chi connectivity index (χ3n) is 5.58. The highest BCUT2D eigenvalue weighted by atomic mass is 32.2. The van der Waals surface area contributed by atoms with E-state index in [2.05, 4.69) is 15.6 Å². The number of fused-ring (bicyclic) bond motifs is 1. The predicted molar refractivity (Wildman–Crippen MR) is 118 cm³/mol. The minimum absolute atomic E-state index is 0.0263. The van der Waals surface area contributed by atoms with E-state index in [9.17, 15) is 9.59 Å². The van der Waals surface area contributed by atoms with Gasteiger partial charge in [-0.1, -0.05) is 18.2 Å². The standard InChI is InChI=1S/C23H25N3O3S/c1-29-18-7-4-15(5-8-18)11-21-23(28)26-19-12-17(6-9-20(19)30-21)22(27)25-14-16-3-2-10-24-13-16/h2-5,7-8,10-11,13,17,19-20H,6,9,12,14H2,1H3,(H,25,27)(H,26,28)/b21-11+. The summed E-state index contributed by atoms with van der Waals surface area (Å²) in [6, 6.07) is 11.5. The summed E-state index contributed by atoms with van der Waals surface area (Å²) in [5.74, 6) is 0.707. The van der Waals surface area contributed by atoms with Crippen LogP contribution in [0, 0.1) is 5.92 Å². The smallest absolute Gasteiger partial charge is 0.257 e. The highest BCUT2D eigenvalue weighted by molar-refractivity contribution is 8.04. The van der Waals surface area contributed by atoms with Crippen LogP contribution >= 0.6 is 11.8 Å². The molecule has 2 heterocycles. The fourth-order valence-corrected chi connectivity index (χ4v) is 5.21. The molecule has 7 heteroatoms. The molecule has 0 spiro atoms. The minimum atomic E-state index is -0.0732. The molecule has 156 valence electrons. The van der Waals surface area contributed by atoms with Crippen molar-refractivity contribution in [1.82, 2.24) is 15.6 Å². The van der Waals surface area contributed by atoms with Crippen molar-refractivity contribution in [2.24, 2.45) is 5.92 Å². The molecule has 2 aromatic rings. The van der Waals surface area contributed by atoms with Crippen LogP contribution in [-0.2, 0) is 16.1 Å². The van der Waals surface area contributed by atoms with Crippen molar-refractivity contribution in [3.05, 3.63) is 64.8 Å². The molecule has 1 saturated carbocycles. The van der Waals surface area contributed by atoms with Crippen molar-refractivity contribution in [1.29, 1.82) is 0 Å². The highest BCUT2D eigenvalue weighted by Crippen LogP contribution is 2.40. The number of thioether (sulfide) groups is 1. The third-order valence-corrected chi connectivity index (χ3v) is 7.00. The van der Waals surface area contributed by atoms with Gasteiger partial charge < -0.3 is 15.4 Å². The van der Waals surface area contributed by atoms with Crippen LogP contribution in [0.25, 0.3) is 6.08 Å². The summed E-state index contributed by atoms with van der Waals surface area (Å²) >= 11 is 1.63. The summed E-state index contributed by atoms with van der Waals surface area (Å²) in [5.41, 5.74) is 1.95. The Balaban J connectivity index is 1.34. The van der Waals surface area contributed by atoms with Crippen LogP contribution in [0.3, 0.4) is 0 Å². The zero-order chi connectivity index (χ0) is 20.9. The molecular formula is C23H25N3O3S. The van der Waals surface area contributed by atoms with Crippen LogP contribution < -0.4 is 15.4 Å². The van der Waals surface area contributed by atoms with Gasteiger partial charge in [0.25, 0.3) is 5.91 Å². The molecule has 3 atom stereocenters. The molecule has 1 aliphatic carbocycles. The van der Waals surface area contributed by atoms with E-state index in [1.807, 2.05) is 42.5 Å². The Bertz CT molecular complexity index is 930. The second kappa shape index (κ2) is 9.34. The molecule has 1 aliphatic heterocycles. The van der Waals surface area contributed by atoms with E-state index in [0.29, 0.717) is 18.2 Å². The van der Waals surface area contributed by atoms with E-state index < -0.39 is 0 Å². The van der Waals surface area contributed by atoms with Gasteiger partial charge in [-0.05, 0) is 54.7 Å². The van der Waals surface area contributed by atoms with Crippen molar-refractivity contribution in [2.75, 3.05) is 7.11 Å². The highest BCUT2D eigenvalue weighted by Gasteiger charge is 2.39. The Morgan fingerprint density at radius 2 is 2.13 bits per heavy atom. The topological polar surface area (TPSA) is 80.3 Å². The summed E-state index contributed by atoms with van der Waals surface area (Å²) in [6.07, 6.45) is 7.80. The average molecular weight is 424 g/mol. The SMILES string of the molecule is COc1ccc(/C=C2/SC3CCC(C(=O)NCc4cccnc4)CC3NC2=O)cc1. The zero-order valence-electron chi connectivity index (χ0n) is 16.8. The fraction of sp³-hybridized carbons (Fsp3) is 0.348. The summed E-state index contributed by atoms with van der Waals surface area (Å²) in [5, 5.41) is 6.43. The van der Waals surface area contributed by atoms with E-state index >= 15 is 0 Å². The first kappa shape index (κ1) is 20.5. The van der Waals surface area contributed by atoms with Gasteiger partial charge >= 0.3 is 0 Å². The first-order chi connectivity index (χ1) is 14.6. The molecule has 2 N–H and O–H groups in total. The lowest BCUT2D eigenvalue weighted by atomic mass is 9.84. The summed E-state index contributed by atoms with van der Waals surface area (Å²) in [4.78, 5) is 30.0. The number of hydrogen-bond acceptors (Lipinski definition) is 5. The quantitative estimate of drug-likeness (QED) is 0.722. The molecule has 0 radical (unpaired) electrons. The molecule has 1 saturated heterocycles. The Morgan fingerprint density at radius 3 is 2.87 bits per heavy atom. The second-order valence-corrected chi connectivity index (χ2v) is 8.89. The molecule has 2 aliphatic rings. The van der Waals surface area contributed by atoms with E-state index in [-0.39, 0.29) is 23.8 Å². The first-order valence-corrected chi connectivity index (χ1v) is 11.0. The number of benzene rings is 1. The number of pyridine rings is 1. The maximum absolute atomic E-state index is 12.6. The van der Waals surface area contributed by atoms with Gasteiger partial charge in [0.05, 0.1) is 12.0 Å². The molecule has 30 heavy (non-hydrogen) atoms. The average Bonchev–Trinajstić information content (AvgIpc) is 2.79. The van der Waals surface area contributed by atoms with Crippen molar-refractivity contribution in [3.8, 4) is 5.75 Å². The molecule has 1 aromatic carbocycles. The number of carbonyl (C=O) groups excluding carboxylic acids is 2. The number of methoxy groups -OCH3 is 1. The Morgan fingerprint density at radius 1 is 1.30 bits per heavy atom. The van der Waals surface area contributed by atoms with Gasteiger partial charge in [-0.25, -0.2) is 0 Å². The largest absolute Gasteiger partial charge is 0.497 e. The summed E-state index contributed by atoms with van der Waals surface area (Å²) in [6.45, 7) is 0.479. The minimum Gasteiger partial charge on any atom is -0.497 e. The maximum atomic E-state index is 12.6. The predicted octanol–water partition coefficient (Wildman–Crippen LogP) is 3.15. The van der Waals surface area contributed by atoms with E-state index in [1.165, 1.54) is 0 Å². The third kappa shape index (κ3) is 4.84. The summed E-state index contributed by atoms with van der Waals surface area (Å²) in [7, 11) is 1.63. The van der Waals surface area contributed by atoms with E-state index in [4.69, 9.17) is 4.74 Å². The van der Waals surface area contributed by atoms with Crippen LogP contribution in [0.15, 0.2) is 53.7 Å². The van der Waals surface area contributed by atoms with Gasteiger partial charge in [0, 0.05) is 36.1 Å². The van der Waals surface area contributed by atoms with Crippen molar-refractivity contribution < 1.29 is 14.3 Å². The van der Waals surface area contributed by atoms with Gasteiger partial charge in [-0.2, -0.15) is 0 Å². The molecule has 2 amide bonds. The maximum Gasteiger partial charge on any atom is 0.257 e. The van der Waals surface area contributed by atoms with Crippen LogP contribution in [0.1, 0.15) is 30.4 Å². The monoisotopic (exact) mass is 423 g/mol. The van der Waals surface area contributed by atoms with Gasteiger partial charge in [0.15, 0.2) is 0 Å². The zero-order valence-corrected chi connectivity index (χ0v) is 17.7. The van der Waals surface area contributed by atoms with Crippen molar-refractivity contribution >= 4 is 29.7 Å². The molecular weight excluding hydrogens is 398 g/mol. The number of nitrogens with zero attached hydrogens (tertiary/aromatic N) is 1. The fourth-order valence-electron chi connectivity index (χ4n) is 3.92. The van der Waals surface area contributed by atoms with Crippen LogP contribution in [0.2, 0.25) is 0 Å². The number of amides is 2. The van der Waals surface area contributed by atoms with Gasteiger partial charge in [-0.15, -0.1) is 11.8 Å². The molecule has 1 aromatic heterocycles. The Hall–Kier alpha value is -2.80. The number of hydrogen-bond donors (Lipinski definition) is 2.